The number of hydrogen-bond acceptors (Lipinski definition) is 2. The van der Waals surface area contributed by atoms with Gasteiger partial charge >= 0.3 is 0 Å². The van der Waals surface area contributed by atoms with Crippen molar-refractivity contribution in [2.45, 2.75) is 6.32 Å². The molecule has 0 bridgehead atoms. The second-order valence-corrected chi connectivity index (χ2v) is 2.70. The third-order valence-electron chi connectivity index (χ3n) is 1.86. The lowest BCUT2D eigenvalue weighted by molar-refractivity contribution is 1.06. The Morgan fingerprint density at radius 2 is 2.08 bits per heavy atom. The molecule has 0 saturated carbocycles. The minimum absolute atomic E-state index is 0.894. The van der Waals surface area contributed by atoms with Gasteiger partial charge in [0, 0.05) is 11.6 Å². The smallest absolute Gasteiger partial charge is 0.121 e. The zero-order valence-electron chi connectivity index (χ0n) is 6.99. The van der Waals surface area contributed by atoms with Crippen LogP contribution in [0.3, 0.4) is 0 Å². The van der Waals surface area contributed by atoms with Crippen molar-refractivity contribution in [3.63, 3.8) is 0 Å². The summed E-state index contributed by atoms with van der Waals surface area (Å²) < 4.78 is 0. The van der Waals surface area contributed by atoms with E-state index in [1.54, 1.807) is 0 Å². The molecule has 1 aromatic carbocycles. The van der Waals surface area contributed by atoms with Crippen molar-refractivity contribution in [3.05, 3.63) is 36.3 Å². The average molecular weight is 156 g/mol. The quantitative estimate of drug-likeness (QED) is 0.569. The van der Waals surface area contributed by atoms with E-state index in [9.17, 15) is 0 Å². The van der Waals surface area contributed by atoms with E-state index >= 15 is 0 Å². The van der Waals surface area contributed by atoms with E-state index in [4.69, 9.17) is 0 Å². The summed E-state index contributed by atoms with van der Waals surface area (Å²) in [5, 5.41) is 1.11. The molecule has 2 rings (SSSR count). The summed E-state index contributed by atoms with van der Waals surface area (Å²) in [6.45, 7) is 0. The van der Waals surface area contributed by atoms with Gasteiger partial charge in [-0.25, -0.2) is 9.97 Å². The molecule has 0 aliphatic carbocycles. The number of nitrogens with zero attached hydrogens (tertiary/aromatic N) is 2. The highest BCUT2D eigenvalue weighted by Crippen LogP contribution is 2.08. The SMILES string of the molecule is BCc1ncc2ccccc2n1. The first-order chi connectivity index (χ1) is 5.90. The fraction of sp³-hybridized carbons (Fsp3) is 0.111. The maximum atomic E-state index is 4.38. The van der Waals surface area contributed by atoms with Crippen molar-refractivity contribution in [1.82, 2.24) is 9.97 Å². The Morgan fingerprint density at radius 1 is 1.25 bits per heavy atom. The number of para-hydroxylation sites is 1. The molecule has 0 saturated heterocycles. The number of rotatable bonds is 1. The van der Waals surface area contributed by atoms with Gasteiger partial charge in [0.05, 0.1) is 5.52 Å². The van der Waals surface area contributed by atoms with Gasteiger partial charge in [0.15, 0.2) is 0 Å². The van der Waals surface area contributed by atoms with Crippen molar-refractivity contribution in [1.29, 1.82) is 0 Å². The Kier molecular flexibility index (Phi) is 1.78. The predicted molar refractivity (Wildman–Crippen MR) is 51.8 cm³/mol. The lowest BCUT2D eigenvalue weighted by Gasteiger charge is -1.97. The minimum atomic E-state index is 0.894. The summed E-state index contributed by atoms with van der Waals surface area (Å²) in [5.74, 6) is 0.911. The second kappa shape index (κ2) is 2.93. The molecule has 0 aliphatic heterocycles. The molecule has 0 aliphatic rings. The number of hydrogen-bond donors (Lipinski definition) is 0. The number of aromatic nitrogens is 2. The van der Waals surface area contributed by atoms with Crippen molar-refractivity contribution >= 4 is 18.7 Å². The standard InChI is InChI=1S/C9H9BN2/c10-5-9-11-6-7-3-1-2-4-8(7)12-9/h1-4,6H,5,10H2. The van der Waals surface area contributed by atoms with Gasteiger partial charge < -0.3 is 0 Å². The van der Waals surface area contributed by atoms with E-state index in [-0.39, 0.29) is 0 Å². The molecule has 0 atom stereocenters. The Bertz CT molecular complexity index is 400. The first-order valence-electron chi connectivity index (χ1n) is 4.11. The molecule has 58 valence electrons. The highest BCUT2D eigenvalue weighted by Gasteiger charge is 1.95. The summed E-state index contributed by atoms with van der Waals surface area (Å²) in [7, 11) is 2.06. The third kappa shape index (κ3) is 1.18. The van der Waals surface area contributed by atoms with E-state index < -0.39 is 0 Å². The normalized spacial score (nSPS) is 10.3. The van der Waals surface area contributed by atoms with Gasteiger partial charge in [-0.2, -0.15) is 0 Å². The highest BCUT2D eigenvalue weighted by molar-refractivity contribution is 6.08. The molecule has 12 heavy (non-hydrogen) atoms. The average Bonchev–Trinajstić information content (AvgIpc) is 2.17. The van der Waals surface area contributed by atoms with Crippen LogP contribution < -0.4 is 0 Å². The summed E-state index contributed by atoms with van der Waals surface area (Å²) in [6.07, 6.45) is 2.77. The van der Waals surface area contributed by atoms with Gasteiger partial charge in [-0.05, 0) is 12.4 Å². The van der Waals surface area contributed by atoms with Gasteiger partial charge in [-0.3, -0.25) is 0 Å². The predicted octanol–water partition coefficient (Wildman–Crippen LogP) is 0.763. The first-order valence-corrected chi connectivity index (χ1v) is 4.11. The number of fused-ring (bicyclic) bond motifs is 1. The van der Waals surface area contributed by atoms with Crippen LogP contribution in [0, 0.1) is 0 Å². The molecule has 0 fully saturated rings. The third-order valence-corrected chi connectivity index (χ3v) is 1.86. The van der Waals surface area contributed by atoms with E-state index in [2.05, 4.69) is 17.8 Å². The summed E-state index contributed by atoms with van der Waals surface area (Å²) in [6, 6.07) is 8.02. The van der Waals surface area contributed by atoms with Crippen LogP contribution in [0.4, 0.5) is 0 Å². The van der Waals surface area contributed by atoms with Crippen LogP contribution in [-0.2, 0) is 6.32 Å². The summed E-state index contributed by atoms with van der Waals surface area (Å²) >= 11 is 0. The largest absolute Gasteiger partial charge is 0.242 e. The molecule has 0 spiro atoms. The van der Waals surface area contributed by atoms with Crippen molar-refractivity contribution in [2.75, 3.05) is 0 Å². The van der Waals surface area contributed by atoms with Crippen LogP contribution in [0.5, 0.6) is 0 Å². The summed E-state index contributed by atoms with van der Waals surface area (Å²) in [4.78, 5) is 8.60. The lowest BCUT2D eigenvalue weighted by atomic mass is 10.0. The van der Waals surface area contributed by atoms with E-state index in [1.807, 2.05) is 30.5 Å². The highest BCUT2D eigenvalue weighted by atomic mass is 14.9. The number of benzene rings is 1. The van der Waals surface area contributed by atoms with E-state index in [1.165, 1.54) is 0 Å². The molecule has 3 heteroatoms. The molecule has 0 unspecified atom stereocenters. The Labute approximate surface area is 72.1 Å². The van der Waals surface area contributed by atoms with Crippen LogP contribution in [0.15, 0.2) is 30.5 Å². The molecular formula is C9H9BN2. The van der Waals surface area contributed by atoms with Crippen LogP contribution in [0.25, 0.3) is 10.9 Å². The molecule has 0 N–H and O–H groups in total. The fourth-order valence-electron chi connectivity index (χ4n) is 1.18. The van der Waals surface area contributed by atoms with Crippen molar-refractivity contribution < 1.29 is 0 Å². The van der Waals surface area contributed by atoms with Gasteiger partial charge in [0.1, 0.15) is 13.7 Å². The monoisotopic (exact) mass is 156 g/mol. The molecule has 1 heterocycles. The molecule has 1 aromatic heterocycles. The Balaban J connectivity index is 2.67. The van der Waals surface area contributed by atoms with Crippen molar-refractivity contribution in [3.8, 4) is 0 Å². The van der Waals surface area contributed by atoms with Crippen LogP contribution in [0.2, 0.25) is 0 Å². The van der Waals surface area contributed by atoms with Gasteiger partial charge in [-0.15, -0.1) is 0 Å². The Morgan fingerprint density at radius 3 is 2.92 bits per heavy atom. The molecule has 0 amide bonds. The molecular weight excluding hydrogens is 147 g/mol. The summed E-state index contributed by atoms with van der Waals surface area (Å²) in [5.41, 5.74) is 1.03. The lowest BCUT2D eigenvalue weighted by Crippen LogP contribution is -1.93. The second-order valence-electron chi connectivity index (χ2n) is 2.70. The van der Waals surface area contributed by atoms with Gasteiger partial charge in [0.25, 0.3) is 0 Å². The maximum absolute atomic E-state index is 4.38. The fourth-order valence-corrected chi connectivity index (χ4v) is 1.18. The zero-order valence-corrected chi connectivity index (χ0v) is 6.99. The van der Waals surface area contributed by atoms with Crippen LogP contribution >= 0.6 is 0 Å². The molecule has 2 nitrogen and oxygen atoms in total. The first kappa shape index (κ1) is 7.28. The Hall–Kier alpha value is -1.38. The van der Waals surface area contributed by atoms with Crippen LogP contribution in [-0.4, -0.2) is 17.8 Å². The van der Waals surface area contributed by atoms with E-state index in [0.717, 1.165) is 23.0 Å². The molecule has 2 aromatic rings. The zero-order chi connectivity index (χ0) is 8.39. The minimum Gasteiger partial charge on any atom is -0.242 e. The van der Waals surface area contributed by atoms with Crippen molar-refractivity contribution in [2.24, 2.45) is 0 Å². The van der Waals surface area contributed by atoms with Gasteiger partial charge in [0.2, 0.25) is 0 Å². The van der Waals surface area contributed by atoms with E-state index in [0.29, 0.717) is 0 Å². The maximum Gasteiger partial charge on any atom is 0.121 e. The molecule has 0 radical (unpaired) electrons. The van der Waals surface area contributed by atoms with Gasteiger partial charge in [-0.1, -0.05) is 18.2 Å². The topological polar surface area (TPSA) is 25.8 Å². The van der Waals surface area contributed by atoms with Crippen LogP contribution in [0.1, 0.15) is 5.82 Å².